The average molecular weight is 294 g/mol. The van der Waals surface area contributed by atoms with E-state index in [9.17, 15) is 4.79 Å². The lowest BCUT2D eigenvalue weighted by Gasteiger charge is -2.37. The first-order chi connectivity index (χ1) is 9.52. The van der Waals surface area contributed by atoms with Gasteiger partial charge in [-0.25, -0.2) is 9.97 Å². The first-order valence-electron chi connectivity index (χ1n) is 6.44. The van der Waals surface area contributed by atoms with Crippen molar-refractivity contribution in [2.24, 2.45) is 0 Å². The maximum absolute atomic E-state index is 11.4. The van der Waals surface area contributed by atoms with Gasteiger partial charge in [0.05, 0.1) is 6.20 Å². The van der Waals surface area contributed by atoms with E-state index in [4.69, 9.17) is 16.9 Å². The molecule has 1 aliphatic heterocycles. The molecule has 0 aliphatic carbocycles. The van der Waals surface area contributed by atoms with Gasteiger partial charge in [-0.2, -0.15) is 5.26 Å². The molecule has 1 fully saturated rings. The van der Waals surface area contributed by atoms with Gasteiger partial charge in [-0.1, -0.05) is 11.6 Å². The minimum Gasteiger partial charge on any atom is -0.353 e. The number of anilines is 1. The Morgan fingerprint density at radius 3 is 3.00 bits per heavy atom. The molecule has 6 nitrogen and oxygen atoms in total. The highest BCUT2D eigenvalue weighted by Crippen LogP contribution is 2.22. The van der Waals surface area contributed by atoms with Gasteiger partial charge in [0.1, 0.15) is 11.9 Å². The standard InChI is InChI=1S/C13H16ClN5O/c1-9(20)18(2)10-4-3-5-19(8-10)12-7-16-11(6-15)13(14)17-12/h7,10H,3-5,8H2,1-2H3/t10-/m1/s1. The number of nitrogens with zero attached hydrogens (tertiary/aromatic N) is 5. The monoisotopic (exact) mass is 293 g/mol. The van der Waals surface area contributed by atoms with Crippen molar-refractivity contribution in [1.29, 1.82) is 5.26 Å². The van der Waals surface area contributed by atoms with E-state index in [2.05, 4.69) is 9.97 Å². The third-order valence-corrected chi connectivity index (χ3v) is 3.85. The molecule has 0 saturated carbocycles. The summed E-state index contributed by atoms with van der Waals surface area (Å²) in [6, 6.07) is 2.05. The van der Waals surface area contributed by atoms with Crippen LogP contribution in [0.3, 0.4) is 0 Å². The largest absolute Gasteiger partial charge is 0.353 e. The fraction of sp³-hybridized carbons (Fsp3) is 0.538. The summed E-state index contributed by atoms with van der Waals surface area (Å²) in [6.07, 6.45) is 3.51. The van der Waals surface area contributed by atoms with Gasteiger partial charge in [-0.05, 0) is 12.8 Å². The summed E-state index contributed by atoms with van der Waals surface area (Å²) in [5, 5.41) is 8.92. The van der Waals surface area contributed by atoms with Crippen LogP contribution in [-0.4, -0.2) is 47.0 Å². The molecule has 0 unspecified atom stereocenters. The molecule has 0 spiro atoms. The average Bonchev–Trinajstić information content (AvgIpc) is 2.46. The lowest BCUT2D eigenvalue weighted by atomic mass is 10.0. The first-order valence-corrected chi connectivity index (χ1v) is 6.81. The molecule has 1 saturated heterocycles. The molecular weight excluding hydrogens is 278 g/mol. The topological polar surface area (TPSA) is 73.1 Å². The summed E-state index contributed by atoms with van der Waals surface area (Å²) in [5.41, 5.74) is 0.129. The van der Waals surface area contributed by atoms with Crippen LogP contribution < -0.4 is 4.90 Å². The number of carbonyl (C=O) groups excluding carboxylic acids is 1. The quantitative estimate of drug-likeness (QED) is 0.825. The maximum atomic E-state index is 11.4. The number of aromatic nitrogens is 2. The lowest BCUT2D eigenvalue weighted by Crippen LogP contribution is -2.48. The highest BCUT2D eigenvalue weighted by Gasteiger charge is 2.25. The van der Waals surface area contributed by atoms with Crippen molar-refractivity contribution < 1.29 is 4.79 Å². The van der Waals surface area contributed by atoms with Crippen molar-refractivity contribution in [3.63, 3.8) is 0 Å². The summed E-state index contributed by atoms with van der Waals surface area (Å²) in [7, 11) is 1.81. The summed E-state index contributed by atoms with van der Waals surface area (Å²) in [5.74, 6) is 0.705. The minimum absolute atomic E-state index is 0.0563. The number of hydrogen-bond donors (Lipinski definition) is 0. The number of rotatable bonds is 2. The third-order valence-electron chi connectivity index (χ3n) is 3.59. The Balaban J connectivity index is 2.15. The number of amides is 1. The Kier molecular flexibility index (Phi) is 4.40. The van der Waals surface area contributed by atoms with Crippen LogP contribution in [-0.2, 0) is 4.79 Å². The summed E-state index contributed by atoms with van der Waals surface area (Å²) >= 11 is 5.91. The number of likely N-dealkylation sites (N-methyl/N-ethyl adjacent to an activating group) is 1. The van der Waals surface area contributed by atoms with Crippen LogP contribution >= 0.6 is 11.6 Å². The van der Waals surface area contributed by atoms with Crippen LogP contribution in [0.15, 0.2) is 6.20 Å². The lowest BCUT2D eigenvalue weighted by molar-refractivity contribution is -0.129. The number of piperidine rings is 1. The van der Waals surface area contributed by atoms with Gasteiger partial charge >= 0.3 is 0 Å². The Hall–Kier alpha value is -1.87. The zero-order chi connectivity index (χ0) is 14.7. The predicted octanol–water partition coefficient (Wildman–Crippen LogP) is 1.45. The first kappa shape index (κ1) is 14.5. The van der Waals surface area contributed by atoms with E-state index in [1.807, 2.05) is 18.0 Å². The number of hydrogen-bond acceptors (Lipinski definition) is 5. The second-order valence-corrected chi connectivity index (χ2v) is 5.21. The van der Waals surface area contributed by atoms with Gasteiger partial charge in [-0.15, -0.1) is 0 Å². The van der Waals surface area contributed by atoms with E-state index in [1.165, 1.54) is 0 Å². The molecule has 0 radical (unpaired) electrons. The second kappa shape index (κ2) is 6.06. The van der Waals surface area contributed by atoms with Crippen LogP contribution in [0.5, 0.6) is 0 Å². The molecule has 7 heteroatoms. The van der Waals surface area contributed by atoms with Gasteiger partial charge in [0.25, 0.3) is 0 Å². The van der Waals surface area contributed by atoms with E-state index in [0.29, 0.717) is 12.4 Å². The van der Waals surface area contributed by atoms with E-state index in [-0.39, 0.29) is 22.8 Å². The van der Waals surface area contributed by atoms with E-state index >= 15 is 0 Å². The van der Waals surface area contributed by atoms with E-state index in [1.54, 1.807) is 18.0 Å². The number of halogens is 1. The van der Waals surface area contributed by atoms with Crippen LogP contribution in [0.1, 0.15) is 25.5 Å². The third kappa shape index (κ3) is 2.99. The molecule has 1 amide bonds. The molecular formula is C13H16ClN5O. The van der Waals surface area contributed by atoms with Gasteiger partial charge in [0.2, 0.25) is 5.91 Å². The van der Waals surface area contributed by atoms with Crippen molar-refractivity contribution >= 4 is 23.3 Å². The molecule has 1 aromatic rings. The minimum atomic E-state index is 0.0563. The van der Waals surface area contributed by atoms with Crippen molar-refractivity contribution in [2.75, 3.05) is 25.0 Å². The highest BCUT2D eigenvalue weighted by molar-refractivity contribution is 6.30. The van der Waals surface area contributed by atoms with Crippen LogP contribution in [0.4, 0.5) is 5.82 Å². The summed E-state index contributed by atoms with van der Waals surface area (Å²) in [4.78, 5) is 23.5. The molecule has 20 heavy (non-hydrogen) atoms. The number of nitriles is 1. The molecule has 1 aromatic heterocycles. The molecule has 106 valence electrons. The van der Waals surface area contributed by atoms with E-state index < -0.39 is 0 Å². The summed E-state index contributed by atoms with van der Waals surface area (Å²) in [6.45, 7) is 3.11. The van der Waals surface area contributed by atoms with Crippen molar-refractivity contribution in [3.8, 4) is 6.07 Å². The predicted molar refractivity (Wildman–Crippen MR) is 75.4 cm³/mol. The fourth-order valence-corrected chi connectivity index (χ4v) is 2.50. The van der Waals surface area contributed by atoms with Gasteiger partial charge in [0, 0.05) is 33.1 Å². The van der Waals surface area contributed by atoms with Crippen LogP contribution in [0.2, 0.25) is 5.15 Å². The van der Waals surface area contributed by atoms with Gasteiger partial charge in [0.15, 0.2) is 10.8 Å². The Labute approximate surface area is 123 Å². The summed E-state index contributed by atoms with van der Waals surface area (Å²) < 4.78 is 0. The fourth-order valence-electron chi connectivity index (χ4n) is 2.32. The van der Waals surface area contributed by atoms with Crippen molar-refractivity contribution in [2.45, 2.75) is 25.8 Å². The zero-order valence-electron chi connectivity index (χ0n) is 11.5. The van der Waals surface area contributed by atoms with Crippen molar-refractivity contribution in [1.82, 2.24) is 14.9 Å². The Morgan fingerprint density at radius 1 is 1.65 bits per heavy atom. The Bertz CT molecular complexity index is 556. The van der Waals surface area contributed by atoms with Crippen LogP contribution in [0, 0.1) is 11.3 Å². The normalized spacial score (nSPS) is 18.5. The maximum Gasteiger partial charge on any atom is 0.219 e. The molecule has 2 heterocycles. The molecule has 0 N–H and O–H groups in total. The zero-order valence-corrected chi connectivity index (χ0v) is 12.3. The molecule has 0 bridgehead atoms. The van der Waals surface area contributed by atoms with Crippen LogP contribution in [0.25, 0.3) is 0 Å². The van der Waals surface area contributed by atoms with E-state index in [0.717, 1.165) is 19.4 Å². The Morgan fingerprint density at radius 2 is 2.40 bits per heavy atom. The number of carbonyl (C=O) groups is 1. The second-order valence-electron chi connectivity index (χ2n) is 4.85. The molecule has 2 rings (SSSR count). The molecule has 0 aromatic carbocycles. The SMILES string of the molecule is CC(=O)N(C)[C@@H]1CCCN(c2cnc(C#N)c(Cl)n2)C1. The van der Waals surface area contributed by atoms with Crippen molar-refractivity contribution in [3.05, 3.63) is 17.0 Å². The smallest absolute Gasteiger partial charge is 0.219 e. The highest BCUT2D eigenvalue weighted by atomic mass is 35.5. The molecule has 1 atom stereocenters. The molecule has 1 aliphatic rings. The van der Waals surface area contributed by atoms with Gasteiger partial charge < -0.3 is 9.80 Å². The van der Waals surface area contributed by atoms with Gasteiger partial charge in [-0.3, -0.25) is 4.79 Å².